The topological polar surface area (TPSA) is 137 Å². The Balaban J connectivity index is 1.93. The molecule has 22 heavy (non-hydrogen) atoms. The molecule has 9 heteroatoms. The van der Waals surface area contributed by atoms with Crippen molar-refractivity contribution in [2.24, 2.45) is 0 Å². The lowest BCUT2D eigenvalue weighted by molar-refractivity contribution is -0.136. The average molecular weight is 306 g/mol. The summed E-state index contributed by atoms with van der Waals surface area (Å²) in [6.45, 7) is -0.260. The Labute approximate surface area is 125 Å². The van der Waals surface area contributed by atoms with Crippen LogP contribution >= 0.6 is 0 Å². The molecule has 0 spiro atoms. The van der Waals surface area contributed by atoms with Crippen molar-refractivity contribution in [3.05, 3.63) is 24.0 Å². The summed E-state index contributed by atoms with van der Waals surface area (Å²) in [6.07, 6.45) is 1.74. The molecule has 0 aliphatic carbocycles. The molecule has 1 aromatic rings. The first-order valence-electron chi connectivity index (χ1n) is 6.52. The van der Waals surface area contributed by atoms with Gasteiger partial charge < -0.3 is 15.7 Å². The van der Waals surface area contributed by atoms with Crippen molar-refractivity contribution < 1.29 is 24.3 Å². The number of piperidine rings is 1. The molecule has 1 aliphatic heterocycles. The lowest BCUT2D eigenvalue weighted by Gasteiger charge is -2.21. The number of rotatable bonds is 5. The summed E-state index contributed by atoms with van der Waals surface area (Å²) < 4.78 is 0. The molecule has 0 bridgehead atoms. The first-order valence-corrected chi connectivity index (χ1v) is 6.52. The third-order valence-electron chi connectivity index (χ3n) is 2.98. The van der Waals surface area contributed by atoms with Crippen molar-refractivity contribution in [3.8, 4) is 0 Å². The van der Waals surface area contributed by atoms with Gasteiger partial charge in [0.2, 0.25) is 11.8 Å². The van der Waals surface area contributed by atoms with Gasteiger partial charge in [-0.25, -0.2) is 4.98 Å². The van der Waals surface area contributed by atoms with Crippen molar-refractivity contribution in [2.75, 3.05) is 11.9 Å². The lowest BCUT2D eigenvalue weighted by atomic mass is 10.1. The first kappa shape index (κ1) is 15.4. The molecule has 1 atom stereocenters. The number of nitrogens with one attached hydrogen (secondary N) is 3. The number of aromatic nitrogens is 1. The highest BCUT2D eigenvalue weighted by Gasteiger charge is 2.28. The minimum absolute atomic E-state index is 0.0885. The zero-order valence-electron chi connectivity index (χ0n) is 11.5. The number of nitrogens with zero attached hydrogens (tertiary/aromatic N) is 1. The molecule has 1 fully saturated rings. The van der Waals surface area contributed by atoms with Gasteiger partial charge in [-0.2, -0.15) is 0 Å². The van der Waals surface area contributed by atoms with Gasteiger partial charge in [0.25, 0.3) is 5.91 Å². The predicted molar refractivity (Wildman–Crippen MR) is 74.0 cm³/mol. The maximum atomic E-state index is 12.0. The molecule has 0 aromatic carbocycles. The zero-order valence-corrected chi connectivity index (χ0v) is 11.5. The van der Waals surface area contributed by atoms with Gasteiger partial charge in [0, 0.05) is 6.42 Å². The van der Waals surface area contributed by atoms with Crippen LogP contribution in [0.2, 0.25) is 0 Å². The molecule has 3 amide bonds. The Morgan fingerprint density at radius 1 is 1.36 bits per heavy atom. The second kappa shape index (κ2) is 6.66. The SMILES string of the molecule is O=C(O)CNc1ccc(C(=O)NC2CCC(=O)NC2=O)nc1. The van der Waals surface area contributed by atoms with Crippen LogP contribution in [0.5, 0.6) is 0 Å². The van der Waals surface area contributed by atoms with Gasteiger partial charge in [0.1, 0.15) is 18.3 Å². The van der Waals surface area contributed by atoms with E-state index in [2.05, 4.69) is 20.9 Å². The van der Waals surface area contributed by atoms with Crippen LogP contribution in [-0.2, 0) is 14.4 Å². The summed E-state index contributed by atoms with van der Waals surface area (Å²) in [5.74, 6) is -2.45. The number of anilines is 1. The lowest BCUT2D eigenvalue weighted by Crippen LogP contribution is -2.52. The zero-order chi connectivity index (χ0) is 16.1. The standard InChI is InChI=1S/C13H14N4O5/c18-10-4-3-9(13(22)17-10)16-12(21)8-2-1-7(5-15-8)14-6-11(19)20/h1-2,5,9,14H,3-4,6H2,(H,16,21)(H,19,20)(H,17,18,22). The van der Waals surface area contributed by atoms with Gasteiger partial charge in [-0.05, 0) is 18.6 Å². The van der Waals surface area contributed by atoms with Crippen LogP contribution in [0.3, 0.4) is 0 Å². The molecule has 0 saturated carbocycles. The molecule has 0 radical (unpaired) electrons. The number of carbonyl (C=O) groups is 4. The maximum absolute atomic E-state index is 12.0. The van der Waals surface area contributed by atoms with E-state index in [0.29, 0.717) is 5.69 Å². The number of hydrogen-bond donors (Lipinski definition) is 4. The van der Waals surface area contributed by atoms with Gasteiger partial charge >= 0.3 is 5.97 Å². The molecule has 1 aromatic heterocycles. The minimum Gasteiger partial charge on any atom is -0.480 e. The Morgan fingerprint density at radius 2 is 2.14 bits per heavy atom. The average Bonchev–Trinajstić information content (AvgIpc) is 2.48. The van der Waals surface area contributed by atoms with E-state index in [4.69, 9.17) is 5.11 Å². The van der Waals surface area contributed by atoms with Gasteiger partial charge in [-0.3, -0.25) is 24.5 Å². The fraction of sp³-hybridized carbons (Fsp3) is 0.308. The Hall–Kier alpha value is -2.97. The van der Waals surface area contributed by atoms with Gasteiger partial charge in [0.15, 0.2) is 0 Å². The third-order valence-corrected chi connectivity index (χ3v) is 2.98. The van der Waals surface area contributed by atoms with Gasteiger partial charge in [0.05, 0.1) is 11.9 Å². The molecule has 4 N–H and O–H groups in total. The summed E-state index contributed by atoms with van der Waals surface area (Å²) in [5, 5.41) is 15.8. The normalized spacial score (nSPS) is 17.5. The molecular formula is C13H14N4O5. The fourth-order valence-electron chi connectivity index (χ4n) is 1.87. The van der Waals surface area contributed by atoms with Crippen molar-refractivity contribution >= 4 is 29.4 Å². The van der Waals surface area contributed by atoms with E-state index in [1.54, 1.807) is 0 Å². The third kappa shape index (κ3) is 4.01. The largest absolute Gasteiger partial charge is 0.480 e. The number of hydrogen-bond acceptors (Lipinski definition) is 6. The number of amides is 3. The minimum atomic E-state index is -1.01. The smallest absolute Gasteiger partial charge is 0.322 e. The number of imide groups is 1. The Bertz CT molecular complexity index is 613. The fourth-order valence-corrected chi connectivity index (χ4v) is 1.87. The van der Waals surface area contributed by atoms with Gasteiger partial charge in [-0.1, -0.05) is 0 Å². The van der Waals surface area contributed by atoms with E-state index in [1.807, 2.05) is 0 Å². The van der Waals surface area contributed by atoms with Crippen LogP contribution in [-0.4, -0.2) is 46.4 Å². The van der Waals surface area contributed by atoms with Crippen molar-refractivity contribution in [2.45, 2.75) is 18.9 Å². The van der Waals surface area contributed by atoms with E-state index in [9.17, 15) is 19.2 Å². The molecule has 9 nitrogen and oxygen atoms in total. The number of carboxylic acids is 1. The van der Waals surface area contributed by atoms with E-state index in [1.165, 1.54) is 18.3 Å². The van der Waals surface area contributed by atoms with Crippen LogP contribution in [0.4, 0.5) is 5.69 Å². The quantitative estimate of drug-likeness (QED) is 0.518. The summed E-state index contributed by atoms with van der Waals surface area (Å²) in [7, 11) is 0. The number of carbonyl (C=O) groups excluding carboxylic acids is 3. The van der Waals surface area contributed by atoms with Crippen molar-refractivity contribution in [1.82, 2.24) is 15.6 Å². The first-order chi connectivity index (χ1) is 10.5. The van der Waals surface area contributed by atoms with Crippen LogP contribution < -0.4 is 16.0 Å². The highest BCUT2D eigenvalue weighted by atomic mass is 16.4. The maximum Gasteiger partial charge on any atom is 0.322 e. The molecule has 2 rings (SSSR count). The number of carboxylic acid groups (broad SMARTS) is 1. The predicted octanol–water partition coefficient (Wildman–Crippen LogP) is -0.887. The second-order valence-electron chi connectivity index (χ2n) is 4.66. The summed E-state index contributed by atoms with van der Waals surface area (Å²) in [6, 6.07) is 2.15. The number of pyridine rings is 1. The van der Waals surface area contributed by atoms with Crippen molar-refractivity contribution in [1.29, 1.82) is 0 Å². The molecular weight excluding hydrogens is 292 g/mol. The number of aliphatic carboxylic acids is 1. The van der Waals surface area contributed by atoms with E-state index in [-0.39, 0.29) is 31.0 Å². The van der Waals surface area contributed by atoms with Crippen LogP contribution in [0, 0.1) is 0 Å². The summed E-state index contributed by atoms with van der Waals surface area (Å²) >= 11 is 0. The molecule has 1 saturated heterocycles. The summed E-state index contributed by atoms with van der Waals surface area (Å²) in [5.41, 5.74) is 0.547. The van der Waals surface area contributed by atoms with E-state index in [0.717, 1.165) is 0 Å². The second-order valence-corrected chi connectivity index (χ2v) is 4.66. The van der Waals surface area contributed by atoms with Crippen LogP contribution in [0.1, 0.15) is 23.3 Å². The highest BCUT2D eigenvalue weighted by Crippen LogP contribution is 2.08. The van der Waals surface area contributed by atoms with E-state index < -0.39 is 23.8 Å². The van der Waals surface area contributed by atoms with Gasteiger partial charge in [-0.15, -0.1) is 0 Å². The van der Waals surface area contributed by atoms with E-state index >= 15 is 0 Å². The summed E-state index contributed by atoms with van der Waals surface area (Å²) in [4.78, 5) is 48.8. The molecule has 2 heterocycles. The molecule has 1 aliphatic rings. The molecule has 1 unspecified atom stereocenters. The molecule has 116 valence electrons. The Morgan fingerprint density at radius 3 is 2.73 bits per heavy atom. The monoisotopic (exact) mass is 306 g/mol. The van der Waals surface area contributed by atoms with Crippen LogP contribution in [0.25, 0.3) is 0 Å². The highest BCUT2D eigenvalue weighted by molar-refractivity contribution is 6.03. The van der Waals surface area contributed by atoms with Crippen LogP contribution in [0.15, 0.2) is 18.3 Å². The van der Waals surface area contributed by atoms with Crippen molar-refractivity contribution in [3.63, 3.8) is 0 Å². The Kier molecular flexibility index (Phi) is 4.66.